The van der Waals surface area contributed by atoms with Gasteiger partial charge in [0.15, 0.2) is 10.9 Å². The number of esters is 1. The number of thiazole rings is 1. The highest BCUT2D eigenvalue weighted by Crippen LogP contribution is 2.32. The van der Waals surface area contributed by atoms with Gasteiger partial charge in [0.1, 0.15) is 15.8 Å². The minimum absolute atomic E-state index is 0.0188. The number of carbonyl (C=O) groups excluding carboxylic acids is 3. The van der Waals surface area contributed by atoms with Gasteiger partial charge in [-0.1, -0.05) is 42.9 Å². The van der Waals surface area contributed by atoms with E-state index in [1.165, 1.54) is 29.8 Å². The number of Topliss-reactive ketones (excluding diaryl/α,β-unsaturated/α-hetero) is 1. The van der Waals surface area contributed by atoms with Crippen LogP contribution in [0, 0.1) is 11.7 Å². The molecule has 0 saturated carbocycles. The van der Waals surface area contributed by atoms with E-state index in [0.29, 0.717) is 17.8 Å². The van der Waals surface area contributed by atoms with Gasteiger partial charge < -0.3 is 9.30 Å². The van der Waals surface area contributed by atoms with Crippen LogP contribution >= 0.6 is 22.9 Å². The van der Waals surface area contributed by atoms with E-state index < -0.39 is 35.4 Å². The van der Waals surface area contributed by atoms with E-state index in [-0.39, 0.29) is 51.6 Å². The molecule has 0 aliphatic heterocycles. The number of rotatable bonds is 9. The highest BCUT2D eigenvalue weighted by Gasteiger charge is 2.34. The van der Waals surface area contributed by atoms with Gasteiger partial charge in [0.05, 0.1) is 17.9 Å². The third kappa shape index (κ3) is 7.16. The summed E-state index contributed by atoms with van der Waals surface area (Å²) in [5.41, 5.74) is -0.778. The average Bonchev–Trinajstić information content (AvgIpc) is 3.36. The first-order chi connectivity index (χ1) is 17.3. The van der Waals surface area contributed by atoms with Crippen LogP contribution in [0.25, 0.3) is 0 Å². The van der Waals surface area contributed by atoms with E-state index in [4.69, 9.17) is 16.3 Å². The third-order valence-corrected chi connectivity index (χ3v) is 6.39. The van der Waals surface area contributed by atoms with Crippen molar-refractivity contribution in [2.75, 3.05) is 11.9 Å². The van der Waals surface area contributed by atoms with Crippen molar-refractivity contribution in [2.45, 2.75) is 39.9 Å². The van der Waals surface area contributed by atoms with E-state index in [1.807, 2.05) is 0 Å². The fraction of sp³-hybridized carbons (Fsp3) is 0.333. The molecule has 0 aliphatic carbocycles. The smallest absolute Gasteiger partial charge is 0.419 e. The van der Waals surface area contributed by atoms with E-state index in [9.17, 15) is 31.9 Å². The molecule has 1 aromatic carbocycles. The van der Waals surface area contributed by atoms with Crippen LogP contribution in [0.15, 0.2) is 30.5 Å². The molecule has 0 unspecified atom stereocenters. The number of aromatic nitrogens is 2. The fourth-order valence-corrected chi connectivity index (χ4v) is 4.47. The van der Waals surface area contributed by atoms with Gasteiger partial charge in [-0.2, -0.15) is 13.2 Å². The second kappa shape index (κ2) is 11.4. The van der Waals surface area contributed by atoms with Gasteiger partial charge in [0, 0.05) is 37.6 Å². The maximum absolute atomic E-state index is 13.7. The molecular formula is C24H22ClF4N3O4S. The van der Waals surface area contributed by atoms with Crippen LogP contribution in [0.2, 0.25) is 4.34 Å². The van der Waals surface area contributed by atoms with Crippen molar-refractivity contribution >= 4 is 45.7 Å². The number of hydrogen-bond acceptors (Lipinski definition) is 6. The first kappa shape index (κ1) is 28.3. The Morgan fingerprint density at radius 2 is 1.92 bits per heavy atom. The number of nitrogens with zero attached hydrogens (tertiary/aromatic N) is 2. The predicted octanol–water partition coefficient (Wildman–Crippen LogP) is 6.00. The molecular weight excluding hydrogens is 538 g/mol. The molecule has 0 spiro atoms. The van der Waals surface area contributed by atoms with Crippen molar-refractivity contribution < 1.29 is 36.7 Å². The molecule has 7 nitrogen and oxygen atoms in total. The van der Waals surface area contributed by atoms with Crippen molar-refractivity contribution in [3.63, 3.8) is 0 Å². The summed E-state index contributed by atoms with van der Waals surface area (Å²) in [6, 6.07) is 3.88. The summed E-state index contributed by atoms with van der Waals surface area (Å²) < 4.78 is 59.7. The lowest BCUT2D eigenvalue weighted by Crippen LogP contribution is -2.17. The van der Waals surface area contributed by atoms with Gasteiger partial charge in [-0.05, 0) is 23.8 Å². The Labute approximate surface area is 218 Å². The molecule has 0 fully saturated rings. The number of anilines is 1. The number of amides is 1. The standard InChI is InChI=1S/C24H22ClF4N3O4S/c1-12(2)20(34)15-9-19(22(35)31-23-30-18(21(25)37-23)6-7-36-13(3)33)32(11-15)10-14-4-5-17(26)16(8-14)24(27,28)29/h4-5,8-9,11-12H,6-7,10H2,1-3H3,(H,30,31,35). The van der Waals surface area contributed by atoms with E-state index in [0.717, 1.165) is 11.3 Å². The predicted molar refractivity (Wildman–Crippen MR) is 130 cm³/mol. The van der Waals surface area contributed by atoms with Crippen LogP contribution in [0.4, 0.5) is 22.7 Å². The van der Waals surface area contributed by atoms with Gasteiger partial charge in [0.2, 0.25) is 0 Å². The quantitative estimate of drug-likeness (QED) is 0.197. The Kier molecular flexibility index (Phi) is 8.75. The minimum atomic E-state index is -4.90. The highest BCUT2D eigenvalue weighted by atomic mass is 35.5. The zero-order chi connectivity index (χ0) is 27.5. The van der Waals surface area contributed by atoms with Crippen LogP contribution < -0.4 is 5.32 Å². The SMILES string of the molecule is CC(=O)OCCc1nc(NC(=O)c2cc(C(=O)C(C)C)cn2Cc2ccc(F)c(C(F)(F)F)c2)sc1Cl. The Hall–Kier alpha value is -3.25. The van der Waals surface area contributed by atoms with Gasteiger partial charge >= 0.3 is 12.1 Å². The summed E-state index contributed by atoms with van der Waals surface area (Å²) in [5, 5.41) is 2.71. The number of halogens is 5. The maximum atomic E-state index is 13.7. The normalized spacial score (nSPS) is 11.6. The first-order valence-electron chi connectivity index (χ1n) is 11.0. The van der Waals surface area contributed by atoms with Gasteiger partial charge in [-0.25, -0.2) is 9.37 Å². The van der Waals surface area contributed by atoms with Crippen LogP contribution in [-0.2, 0) is 28.7 Å². The average molecular weight is 560 g/mol. The second-order valence-corrected chi connectivity index (χ2v) is 9.96. The summed E-state index contributed by atoms with van der Waals surface area (Å²) >= 11 is 7.13. The van der Waals surface area contributed by atoms with E-state index >= 15 is 0 Å². The van der Waals surface area contributed by atoms with Crippen LogP contribution in [0.5, 0.6) is 0 Å². The molecule has 0 bridgehead atoms. The topological polar surface area (TPSA) is 90.3 Å². The Bertz CT molecular complexity index is 1330. The maximum Gasteiger partial charge on any atom is 0.419 e. The van der Waals surface area contributed by atoms with Gasteiger partial charge in [-0.3, -0.25) is 19.7 Å². The lowest BCUT2D eigenvalue weighted by atomic mass is 10.0. The first-order valence-corrected chi connectivity index (χ1v) is 12.2. The molecule has 2 aromatic heterocycles. The molecule has 198 valence electrons. The van der Waals surface area contributed by atoms with Crippen molar-refractivity contribution in [1.82, 2.24) is 9.55 Å². The molecule has 3 aromatic rings. The highest BCUT2D eigenvalue weighted by molar-refractivity contribution is 7.19. The number of alkyl halides is 3. The minimum Gasteiger partial charge on any atom is -0.465 e. The van der Waals surface area contributed by atoms with E-state index in [2.05, 4.69) is 10.3 Å². The fourth-order valence-electron chi connectivity index (χ4n) is 3.38. The third-order valence-electron chi connectivity index (χ3n) is 5.14. The molecule has 3 rings (SSSR count). The molecule has 13 heteroatoms. The number of benzene rings is 1. The Morgan fingerprint density at radius 3 is 2.54 bits per heavy atom. The molecule has 1 N–H and O–H groups in total. The summed E-state index contributed by atoms with van der Waals surface area (Å²) in [6.07, 6.45) is -3.31. The molecule has 2 heterocycles. The molecule has 1 amide bonds. The lowest BCUT2D eigenvalue weighted by molar-refractivity contribution is -0.141. The largest absolute Gasteiger partial charge is 0.465 e. The van der Waals surface area contributed by atoms with Gasteiger partial charge in [-0.15, -0.1) is 0 Å². The number of ether oxygens (including phenoxy) is 1. The number of nitrogens with one attached hydrogen (secondary N) is 1. The zero-order valence-electron chi connectivity index (χ0n) is 19.9. The summed E-state index contributed by atoms with van der Waals surface area (Å²) in [4.78, 5) is 40.8. The summed E-state index contributed by atoms with van der Waals surface area (Å²) in [6.45, 7) is 4.42. The molecule has 0 atom stereocenters. The van der Waals surface area contributed by atoms with Crippen molar-refractivity contribution in [3.8, 4) is 0 Å². The van der Waals surface area contributed by atoms with Crippen LogP contribution in [-0.4, -0.2) is 33.8 Å². The van der Waals surface area contributed by atoms with Crippen molar-refractivity contribution in [1.29, 1.82) is 0 Å². The molecule has 0 radical (unpaired) electrons. The van der Waals surface area contributed by atoms with Crippen molar-refractivity contribution in [2.24, 2.45) is 5.92 Å². The molecule has 37 heavy (non-hydrogen) atoms. The van der Waals surface area contributed by atoms with Crippen LogP contribution in [0.3, 0.4) is 0 Å². The monoisotopic (exact) mass is 559 g/mol. The molecule has 0 saturated heterocycles. The summed E-state index contributed by atoms with van der Waals surface area (Å²) in [5.74, 6) is -3.23. The Morgan fingerprint density at radius 1 is 1.22 bits per heavy atom. The molecule has 0 aliphatic rings. The second-order valence-electron chi connectivity index (χ2n) is 8.36. The lowest BCUT2D eigenvalue weighted by Gasteiger charge is -2.12. The summed E-state index contributed by atoms with van der Waals surface area (Å²) in [7, 11) is 0. The number of ketones is 1. The number of carbonyl (C=O) groups is 3. The van der Waals surface area contributed by atoms with Gasteiger partial charge in [0.25, 0.3) is 5.91 Å². The zero-order valence-corrected chi connectivity index (χ0v) is 21.5. The van der Waals surface area contributed by atoms with Crippen LogP contribution in [0.1, 0.15) is 58.4 Å². The van der Waals surface area contributed by atoms with Crippen molar-refractivity contribution in [3.05, 3.63) is 68.7 Å². The van der Waals surface area contributed by atoms with E-state index in [1.54, 1.807) is 13.8 Å². The Balaban J connectivity index is 1.90. The number of hydrogen-bond donors (Lipinski definition) is 1.